The van der Waals surface area contributed by atoms with Crippen molar-refractivity contribution in [2.24, 2.45) is 0 Å². The molecular formula is C33H34FNO3. The Morgan fingerprint density at radius 3 is 2.21 bits per heavy atom. The monoisotopic (exact) mass is 511 g/mol. The molecule has 0 spiro atoms. The first-order chi connectivity index (χ1) is 18.5. The Kier molecular flexibility index (Phi) is 9.28. The molecule has 0 amide bonds. The second kappa shape index (κ2) is 13.0. The zero-order valence-corrected chi connectivity index (χ0v) is 22.1. The highest BCUT2D eigenvalue weighted by Crippen LogP contribution is 2.37. The lowest BCUT2D eigenvalue weighted by Gasteiger charge is -2.37. The molecule has 0 unspecified atom stereocenters. The number of rotatable bonds is 11. The Morgan fingerprint density at radius 2 is 1.53 bits per heavy atom. The van der Waals surface area contributed by atoms with E-state index in [1.54, 1.807) is 18.2 Å². The Morgan fingerprint density at radius 1 is 0.868 bits per heavy atom. The van der Waals surface area contributed by atoms with Crippen LogP contribution < -0.4 is 4.74 Å². The minimum absolute atomic E-state index is 0.00644. The van der Waals surface area contributed by atoms with Gasteiger partial charge < -0.3 is 9.47 Å². The van der Waals surface area contributed by atoms with Gasteiger partial charge in [-0.3, -0.25) is 9.69 Å². The van der Waals surface area contributed by atoms with Crippen molar-refractivity contribution in [3.8, 4) is 16.9 Å². The Labute approximate surface area is 224 Å². The van der Waals surface area contributed by atoms with E-state index in [1.807, 2.05) is 67.6 Å². The molecule has 4 rings (SSSR count). The van der Waals surface area contributed by atoms with Crippen LogP contribution in [0.1, 0.15) is 49.0 Å². The molecule has 4 aromatic rings. The minimum Gasteiger partial charge on any atom is -0.494 e. The largest absolute Gasteiger partial charge is 0.494 e. The lowest BCUT2D eigenvalue weighted by Crippen LogP contribution is -2.33. The summed E-state index contributed by atoms with van der Waals surface area (Å²) in [5, 5.41) is 0. The van der Waals surface area contributed by atoms with Crippen molar-refractivity contribution in [3.63, 3.8) is 0 Å². The van der Waals surface area contributed by atoms with Crippen LogP contribution >= 0.6 is 0 Å². The van der Waals surface area contributed by atoms with Gasteiger partial charge in [-0.05, 0) is 48.2 Å². The first-order valence-corrected chi connectivity index (χ1v) is 12.9. The van der Waals surface area contributed by atoms with Crippen LogP contribution in [0.15, 0.2) is 103 Å². The van der Waals surface area contributed by atoms with Gasteiger partial charge in [-0.25, -0.2) is 4.39 Å². The second-order valence-electron chi connectivity index (χ2n) is 9.22. The number of hydrogen-bond donors (Lipinski definition) is 0. The third kappa shape index (κ3) is 6.48. The highest BCUT2D eigenvalue weighted by atomic mass is 19.1. The SMILES string of the molecule is CCOC(=O)C[C@@H](c1cccc(-c2cccc(OC)c2F)c1)N(Cc1ccccc1)[C@H](C)c1ccccc1. The maximum atomic E-state index is 15.2. The molecule has 0 heterocycles. The number of ether oxygens (including phenoxy) is 2. The van der Waals surface area contributed by atoms with E-state index in [-0.39, 0.29) is 30.2 Å². The lowest BCUT2D eigenvalue weighted by atomic mass is 9.93. The summed E-state index contributed by atoms with van der Waals surface area (Å²) >= 11 is 0. The zero-order valence-electron chi connectivity index (χ0n) is 22.1. The van der Waals surface area contributed by atoms with Crippen molar-refractivity contribution >= 4 is 5.97 Å². The number of methoxy groups -OCH3 is 1. The first kappa shape index (κ1) is 27.1. The van der Waals surface area contributed by atoms with Crippen LogP contribution in [0.5, 0.6) is 5.75 Å². The smallest absolute Gasteiger partial charge is 0.307 e. The van der Waals surface area contributed by atoms with Crippen LogP contribution in [0.3, 0.4) is 0 Å². The molecule has 0 aromatic heterocycles. The highest BCUT2D eigenvalue weighted by Gasteiger charge is 2.29. The average molecular weight is 512 g/mol. The van der Waals surface area contributed by atoms with Crippen LogP contribution in [0.4, 0.5) is 4.39 Å². The zero-order chi connectivity index (χ0) is 26.9. The first-order valence-electron chi connectivity index (χ1n) is 12.9. The average Bonchev–Trinajstić information content (AvgIpc) is 2.96. The van der Waals surface area contributed by atoms with Crippen molar-refractivity contribution in [1.82, 2.24) is 4.90 Å². The van der Waals surface area contributed by atoms with E-state index < -0.39 is 5.82 Å². The molecule has 196 valence electrons. The molecule has 0 radical (unpaired) electrons. The third-order valence-electron chi connectivity index (χ3n) is 6.82. The summed E-state index contributed by atoms with van der Waals surface area (Å²) in [5.74, 6) is -0.485. The predicted molar refractivity (Wildman–Crippen MR) is 149 cm³/mol. The van der Waals surface area contributed by atoms with E-state index in [4.69, 9.17) is 9.47 Å². The van der Waals surface area contributed by atoms with E-state index in [9.17, 15) is 4.79 Å². The predicted octanol–water partition coefficient (Wildman–Crippen LogP) is 7.76. The number of benzene rings is 4. The Bertz CT molecular complexity index is 1330. The van der Waals surface area contributed by atoms with Crippen molar-refractivity contribution in [3.05, 3.63) is 126 Å². The standard InChI is InChI=1S/C33H34FNO3/c1-4-38-32(36)22-30(28-18-11-17-27(21-28)29-19-12-20-31(37-3)33(29)34)35(23-25-13-7-5-8-14-25)24(2)26-15-9-6-10-16-26/h5-21,24,30H,4,22-23H2,1-3H3/t24-,30+/m1/s1. The van der Waals surface area contributed by atoms with Gasteiger partial charge in [0.05, 0.1) is 20.1 Å². The quantitative estimate of drug-likeness (QED) is 0.193. The summed E-state index contributed by atoms with van der Waals surface area (Å²) in [5.41, 5.74) is 4.37. The van der Waals surface area contributed by atoms with Crippen molar-refractivity contribution in [2.75, 3.05) is 13.7 Å². The molecule has 38 heavy (non-hydrogen) atoms. The minimum atomic E-state index is -0.409. The summed E-state index contributed by atoms with van der Waals surface area (Å²) in [7, 11) is 1.46. The van der Waals surface area contributed by atoms with Crippen LogP contribution in [0, 0.1) is 5.82 Å². The van der Waals surface area contributed by atoms with Crippen LogP contribution in [-0.4, -0.2) is 24.6 Å². The van der Waals surface area contributed by atoms with Gasteiger partial charge in [-0.15, -0.1) is 0 Å². The molecular weight excluding hydrogens is 477 g/mol. The number of esters is 1. The van der Waals surface area contributed by atoms with Gasteiger partial charge in [0.15, 0.2) is 11.6 Å². The van der Waals surface area contributed by atoms with Crippen LogP contribution in [0.25, 0.3) is 11.1 Å². The third-order valence-corrected chi connectivity index (χ3v) is 6.82. The molecule has 0 saturated carbocycles. The number of carbonyl (C=O) groups excluding carboxylic acids is 1. The normalized spacial score (nSPS) is 12.7. The van der Waals surface area contributed by atoms with Crippen LogP contribution in [0.2, 0.25) is 0 Å². The molecule has 0 N–H and O–H groups in total. The van der Waals surface area contributed by atoms with Gasteiger partial charge in [0.1, 0.15) is 0 Å². The maximum Gasteiger partial charge on any atom is 0.307 e. The number of carbonyl (C=O) groups is 1. The van der Waals surface area contributed by atoms with Gasteiger partial charge in [0, 0.05) is 24.2 Å². The highest BCUT2D eigenvalue weighted by molar-refractivity contribution is 5.71. The summed E-state index contributed by atoms with van der Waals surface area (Å²) in [6, 6.07) is 33.1. The molecule has 4 aromatic carbocycles. The maximum absolute atomic E-state index is 15.2. The summed E-state index contributed by atoms with van der Waals surface area (Å²) in [6.07, 6.45) is 0.169. The Balaban J connectivity index is 1.81. The molecule has 5 heteroatoms. The second-order valence-corrected chi connectivity index (χ2v) is 9.22. The van der Waals surface area contributed by atoms with E-state index >= 15 is 4.39 Å². The van der Waals surface area contributed by atoms with Gasteiger partial charge in [0.25, 0.3) is 0 Å². The summed E-state index contributed by atoms with van der Waals surface area (Å²) in [6.45, 7) is 4.90. The topological polar surface area (TPSA) is 38.8 Å². The summed E-state index contributed by atoms with van der Waals surface area (Å²) in [4.78, 5) is 15.2. The van der Waals surface area contributed by atoms with E-state index in [0.29, 0.717) is 18.7 Å². The fourth-order valence-corrected chi connectivity index (χ4v) is 4.84. The molecule has 0 aliphatic heterocycles. The van der Waals surface area contributed by atoms with Gasteiger partial charge in [-0.2, -0.15) is 0 Å². The van der Waals surface area contributed by atoms with Crippen molar-refractivity contribution < 1.29 is 18.7 Å². The Hall–Kier alpha value is -3.96. The summed E-state index contributed by atoms with van der Waals surface area (Å²) < 4.78 is 25.8. The van der Waals surface area contributed by atoms with E-state index in [0.717, 1.165) is 22.3 Å². The molecule has 0 saturated heterocycles. The molecule has 0 aliphatic rings. The van der Waals surface area contributed by atoms with E-state index in [1.165, 1.54) is 7.11 Å². The van der Waals surface area contributed by atoms with Crippen molar-refractivity contribution in [1.29, 1.82) is 0 Å². The number of nitrogens with zero attached hydrogens (tertiary/aromatic N) is 1. The number of hydrogen-bond acceptors (Lipinski definition) is 4. The fraction of sp³-hybridized carbons (Fsp3) is 0.242. The lowest BCUT2D eigenvalue weighted by molar-refractivity contribution is -0.145. The molecule has 0 aliphatic carbocycles. The molecule has 4 nitrogen and oxygen atoms in total. The fourth-order valence-electron chi connectivity index (χ4n) is 4.84. The molecule has 0 fully saturated rings. The van der Waals surface area contributed by atoms with Gasteiger partial charge in [-0.1, -0.05) is 91.0 Å². The molecule has 0 bridgehead atoms. The molecule has 2 atom stereocenters. The van der Waals surface area contributed by atoms with Crippen molar-refractivity contribution in [2.45, 2.75) is 38.9 Å². The van der Waals surface area contributed by atoms with E-state index in [2.05, 4.69) is 36.1 Å². The van der Waals surface area contributed by atoms with Crippen LogP contribution in [-0.2, 0) is 16.1 Å². The number of halogens is 1. The van der Waals surface area contributed by atoms with Gasteiger partial charge in [0.2, 0.25) is 0 Å². The van der Waals surface area contributed by atoms with Gasteiger partial charge >= 0.3 is 5.97 Å².